The summed E-state index contributed by atoms with van der Waals surface area (Å²) in [6, 6.07) is 2.48. The lowest BCUT2D eigenvalue weighted by molar-refractivity contribution is 0.0985. The summed E-state index contributed by atoms with van der Waals surface area (Å²) in [6.07, 6.45) is 8.06. The molecule has 1 saturated heterocycles. The van der Waals surface area contributed by atoms with Gasteiger partial charge < -0.3 is 4.74 Å². The minimum Gasteiger partial charge on any atom is -0.366 e. The number of rotatable bonds is 4. The Morgan fingerprint density at radius 2 is 2.07 bits per heavy atom. The Hall–Kier alpha value is -0.810. The average molecular weight is 205 g/mol. The second-order valence-corrected chi connectivity index (χ2v) is 4.62. The van der Waals surface area contributed by atoms with Crippen molar-refractivity contribution in [3.8, 4) is 6.07 Å². The third-order valence-corrected chi connectivity index (χ3v) is 3.80. The van der Waals surface area contributed by atoms with E-state index >= 15 is 0 Å². The van der Waals surface area contributed by atoms with E-state index < -0.39 is 0 Å². The molecule has 0 spiro atoms. The number of ether oxygens (including phenoxy) is 1. The molecule has 0 aliphatic carbocycles. The molecule has 82 valence electrons. The molecule has 2 rings (SSSR count). The summed E-state index contributed by atoms with van der Waals surface area (Å²) in [5.74, 6) is 1.19. The van der Waals surface area contributed by atoms with Crippen LogP contribution in [0.4, 0.5) is 0 Å². The second-order valence-electron chi connectivity index (χ2n) is 4.62. The van der Waals surface area contributed by atoms with Gasteiger partial charge in [0.05, 0.1) is 24.2 Å². The fraction of sp³-hybridized carbons (Fsp3) is 0.769. The maximum absolute atomic E-state index is 9.23. The summed E-state index contributed by atoms with van der Waals surface area (Å²) in [7, 11) is 0. The molecule has 1 fully saturated rings. The van der Waals surface area contributed by atoms with E-state index in [0.717, 1.165) is 19.3 Å². The molecule has 0 aromatic heterocycles. The Bertz CT molecular complexity index is 291. The van der Waals surface area contributed by atoms with E-state index in [1.165, 1.54) is 0 Å². The molecule has 0 aromatic rings. The topological polar surface area (TPSA) is 33.0 Å². The van der Waals surface area contributed by atoms with E-state index in [-0.39, 0.29) is 18.1 Å². The highest BCUT2D eigenvalue weighted by atomic mass is 16.5. The Morgan fingerprint density at radius 3 is 2.67 bits per heavy atom. The van der Waals surface area contributed by atoms with Crippen LogP contribution in [0.3, 0.4) is 0 Å². The van der Waals surface area contributed by atoms with Crippen LogP contribution in [0, 0.1) is 29.1 Å². The minimum atomic E-state index is 0.180. The molecule has 2 aliphatic heterocycles. The molecule has 0 saturated carbocycles. The van der Waals surface area contributed by atoms with Crippen LogP contribution in [0.15, 0.2) is 12.2 Å². The molecule has 0 amide bonds. The van der Waals surface area contributed by atoms with Gasteiger partial charge >= 0.3 is 0 Å². The van der Waals surface area contributed by atoms with Gasteiger partial charge in [0, 0.05) is 5.92 Å². The monoisotopic (exact) mass is 205 g/mol. The van der Waals surface area contributed by atoms with Gasteiger partial charge in [-0.25, -0.2) is 0 Å². The molecule has 2 heteroatoms. The van der Waals surface area contributed by atoms with E-state index in [0.29, 0.717) is 11.8 Å². The third-order valence-electron chi connectivity index (χ3n) is 3.80. The number of fused-ring (bicyclic) bond motifs is 2. The molecule has 5 atom stereocenters. The molecular weight excluding hydrogens is 186 g/mol. The summed E-state index contributed by atoms with van der Waals surface area (Å²) in [6.45, 7) is 4.35. The Kier molecular flexibility index (Phi) is 3.11. The summed E-state index contributed by atoms with van der Waals surface area (Å²) in [4.78, 5) is 0. The van der Waals surface area contributed by atoms with Crippen molar-refractivity contribution in [3.05, 3.63) is 12.2 Å². The van der Waals surface area contributed by atoms with Crippen LogP contribution in [0.1, 0.15) is 33.1 Å². The predicted octanol–water partition coefficient (Wildman–Crippen LogP) is 2.91. The molecule has 15 heavy (non-hydrogen) atoms. The molecule has 2 heterocycles. The van der Waals surface area contributed by atoms with E-state index in [1.807, 2.05) is 0 Å². The molecule has 2 aliphatic rings. The zero-order valence-corrected chi connectivity index (χ0v) is 9.52. The number of hydrogen-bond acceptors (Lipinski definition) is 2. The van der Waals surface area contributed by atoms with Gasteiger partial charge in [0.2, 0.25) is 0 Å². The van der Waals surface area contributed by atoms with Crippen LogP contribution in [0.25, 0.3) is 0 Å². The van der Waals surface area contributed by atoms with Crippen molar-refractivity contribution < 1.29 is 4.74 Å². The fourth-order valence-corrected chi connectivity index (χ4v) is 3.10. The molecule has 0 radical (unpaired) electrons. The minimum absolute atomic E-state index is 0.180. The SMILES string of the molecule is CCCC(C#N)C1C2C=CC(O2)C1CC. The summed E-state index contributed by atoms with van der Waals surface area (Å²) < 4.78 is 5.86. The van der Waals surface area contributed by atoms with Crippen molar-refractivity contribution in [1.29, 1.82) is 5.26 Å². The van der Waals surface area contributed by atoms with Crippen LogP contribution in [-0.4, -0.2) is 12.2 Å². The number of nitriles is 1. The quantitative estimate of drug-likeness (QED) is 0.661. The van der Waals surface area contributed by atoms with Gasteiger partial charge in [0.25, 0.3) is 0 Å². The highest BCUT2D eigenvalue weighted by Crippen LogP contribution is 2.45. The lowest BCUT2D eigenvalue weighted by atomic mass is 9.73. The van der Waals surface area contributed by atoms with Gasteiger partial charge in [0.1, 0.15) is 0 Å². The third kappa shape index (κ3) is 1.70. The van der Waals surface area contributed by atoms with Crippen LogP contribution in [0.5, 0.6) is 0 Å². The van der Waals surface area contributed by atoms with Crippen molar-refractivity contribution in [2.24, 2.45) is 17.8 Å². The van der Waals surface area contributed by atoms with Crippen LogP contribution in [-0.2, 0) is 4.74 Å². The van der Waals surface area contributed by atoms with Gasteiger partial charge in [0.15, 0.2) is 0 Å². The fourth-order valence-electron chi connectivity index (χ4n) is 3.10. The molecule has 2 bridgehead atoms. The van der Waals surface area contributed by atoms with Gasteiger partial charge in [-0.05, 0) is 12.3 Å². The summed E-state index contributed by atoms with van der Waals surface area (Å²) in [5, 5.41) is 9.23. The summed E-state index contributed by atoms with van der Waals surface area (Å²) in [5.41, 5.74) is 0. The zero-order chi connectivity index (χ0) is 10.8. The highest BCUT2D eigenvalue weighted by molar-refractivity contribution is 5.17. The summed E-state index contributed by atoms with van der Waals surface area (Å²) >= 11 is 0. The first-order valence-electron chi connectivity index (χ1n) is 6.05. The van der Waals surface area contributed by atoms with Crippen LogP contribution in [0.2, 0.25) is 0 Å². The molecule has 0 N–H and O–H groups in total. The van der Waals surface area contributed by atoms with Crippen molar-refractivity contribution >= 4 is 0 Å². The Balaban J connectivity index is 2.13. The lowest BCUT2D eigenvalue weighted by Crippen LogP contribution is -2.29. The van der Waals surface area contributed by atoms with Gasteiger partial charge in [-0.1, -0.05) is 38.8 Å². The van der Waals surface area contributed by atoms with Gasteiger partial charge in [-0.3, -0.25) is 0 Å². The molecule has 2 nitrogen and oxygen atoms in total. The van der Waals surface area contributed by atoms with Gasteiger partial charge in [-0.2, -0.15) is 5.26 Å². The first-order chi connectivity index (χ1) is 7.31. The maximum Gasteiger partial charge on any atom is 0.0809 e. The Morgan fingerprint density at radius 1 is 1.33 bits per heavy atom. The lowest BCUT2D eigenvalue weighted by Gasteiger charge is -2.27. The molecular formula is C13H19NO. The first-order valence-corrected chi connectivity index (χ1v) is 6.05. The van der Waals surface area contributed by atoms with E-state index in [4.69, 9.17) is 4.74 Å². The highest BCUT2D eigenvalue weighted by Gasteiger charge is 2.47. The van der Waals surface area contributed by atoms with Crippen molar-refractivity contribution in [2.45, 2.75) is 45.3 Å². The van der Waals surface area contributed by atoms with E-state index in [9.17, 15) is 5.26 Å². The number of hydrogen-bond donors (Lipinski definition) is 0. The van der Waals surface area contributed by atoms with Crippen molar-refractivity contribution in [2.75, 3.05) is 0 Å². The van der Waals surface area contributed by atoms with Gasteiger partial charge in [-0.15, -0.1) is 0 Å². The second kappa shape index (κ2) is 4.37. The van der Waals surface area contributed by atoms with Crippen molar-refractivity contribution in [1.82, 2.24) is 0 Å². The number of nitrogens with zero attached hydrogens (tertiary/aromatic N) is 1. The maximum atomic E-state index is 9.23. The largest absolute Gasteiger partial charge is 0.366 e. The van der Waals surface area contributed by atoms with Crippen LogP contribution >= 0.6 is 0 Å². The van der Waals surface area contributed by atoms with E-state index in [2.05, 4.69) is 32.1 Å². The molecule has 0 aromatic carbocycles. The molecule has 5 unspecified atom stereocenters. The Labute approximate surface area is 91.9 Å². The normalized spacial score (nSPS) is 39.3. The standard InChI is InChI=1S/C13H19NO/c1-3-5-9(8-14)13-10(4-2)11-6-7-12(13)15-11/h6-7,9-13H,3-5H2,1-2H3. The smallest absolute Gasteiger partial charge is 0.0809 e. The van der Waals surface area contributed by atoms with Crippen LogP contribution < -0.4 is 0 Å². The van der Waals surface area contributed by atoms with Crippen molar-refractivity contribution in [3.63, 3.8) is 0 Å². The average Bonchev–Trinajstić information content (AvgIpc) is 2.85. The zero-order valence-electron chi connectivity index (χ0n) is 9.52. The first kappa shape index (κ1) is 10.7. The predicted molar refractivity (Wildman–Crippen MR) is 59.1 cm³/mol. The van der Waals surface area contributed by atoms with E-state index in [1.54, 1.807) is 0 Å².